The molecule has 4 rings (SSSR count). The predicted molar refractivity (Wildman–Crippen MR) is 142 cm³/mol. The fourth-order valence-electron chi connectivity index (χ4n) is 3.92. The number of aliphatic carboxylic acids is 1. The van der Waals surface area contributed by atoms with E-state index < -0.39 is 11.9 Å². The van der Waals surface area contributed by atoms with Crippen molar-refractivity contribution < 1.29 is 19.4 Å². The number of hydrogen-bond donors (Lipinski definition) is 2. The molecule has 11 nitrogen and oxygen atoms in total. The Hall–Kier alpha value is -4.98. The lowest BCUT2D eigenvalue weighted by Crippen LogP contribution is -2.53. The number of rotatable bonds is 4. The van der Waals surface area contributed by atoms with E-state index in [1.54, 1.807) is 6.20 Å². The number of carbonyl (C=O) groups is 2. The van der Waals surface area contributed by atoms with E-state index in [9.17, 15) is 10.1 Å². The minimum Gasteiger partial charge on any atom is -0.481 e. The molecule has 1 aromatic heterocycles. The molecule has 0 saturated carbocycles. The normalized spacial score (nSPS) is 15.0. The molecule has 2 aromatic carbocycles. The molecule has 1 aliphatic heterocycles. The van der Waals surface area contributed by atoms with Gasteiger partial charge in [0, 0.05) is 26.6 Å². The number of nitriles is 1. The summed E-state index contributed by atoms with van der Waals surface area (Å²) >= 11 is 0. The van der Waals surface area contributed by atoms with Gasteiger partial charge in [-0.15, -0.1) is 0 Å². The Kier molecular flexibility index (Phi) is 9.71. The smallest absolute Gasteiger partial charge is 0.358 e. The molecule has 11 heteroatoms. The molecule has 0 aliphatic carbocycles. The van der Waals surface area contributed by atoms with Gasteiger partial charge in [0.25, 0.3) is 5.97 Å². The Morgan fingerprint density at radius 2 is 1.79 bits per heavy atom. The van der Waals surface area contributed by atoms with Crippen molar-refractivity contribution in [1.29, 1.82) is 5.26 Å². The maximum Gasteiger partial charge on any atom is 0.358 e. The van der Waals surface area contributed by atoms with E-state index >= 15 is 0 Å². The molecular formula is C27H29N7O4. The molecule has 38 heavy (non-hydrogen) atoms. The average molecular weight is 516 g/mol. The molecule has 0 amide bonds. The van der Waals surface area contributed by atoms with Gasteiger partial charge in [-0.1, -0.05) is 48.5 Å². The number of aryl methyl sites for hydroxylation is 1. The monoisotopic (exact) mass is 515 g/mol. The Morgan fingerprint density at radius 1 is 1.11 bits per heavy atom. The maximum atomic E-state index is 11.7. The van der Waals surface area contributed by atoms with Crippen LogP contribution >= 0.6 is 0 Å². The lowest BCUT2D eigenvalue weighted by molar-refractivity contribution is -0.134. The Balaban J connectivity index is 0.000000934. The average Bonchev–Trinajstić information content (AvgIpc) is 2.93. The summed E-state index contributed by atoms with van der Waals surface area (Å²) < 4.78 is 4.72. The minimum absolute atomic E-state index is 0.0733. The molecule has 1 unspecified atom stereocenters. The standard InChI is InChI=1S/C25H25N7O2.C2H4O2/c1-18-8-6-7-11-20(18)30-25(29-17-26)31-12-13-32(22(16-31)19-9-4-3-5-10-19)23-15-27-21(14-28-23)24(33)34-2;1-2(3)4/h3-11,14-15,22H,12-13,16H2,1-2H3,(H,29,30);1H3,(H,3,4). The van der Waals surface area contributed by atoms with Crippen molar-refractivity contribution in [1.82, 2.24) is 20.2 Å². The van der Waals surface area contributed by atoms with Crippen LogP contribution in [-0.4, -0.2) is 64.6 Å². The quantitative estimate of drug-likeness (QED) is 0.175. The second kappa shape index (κ2) is 13.4. The third-order valence-corrected chi connectivity index (χ3v) is 5.70. The van der Waals surface area contributed by atoms with E-state index in [1.165, 1.54) is 13.3 Å². The number of aromatic nitrogens is 2. The number of para-hydroxylation sites is 1. The van der Waals surface area contributed by atoms with Crippen molar-refractivity contribution in [2.75, 3.05) is 31.6 Å². The lowest BCUT2D eigenvalue weighted by Gasteiger charge is -2.43. The summed E-state index contributed by atoms with van der Waals surface area (Å²) in [5.74, 6) is -0.195. The number of hydrogen-bond acceptors (Lipinski definition) is 8. The van der Waals surface area contributed by atoms with Gasteiger partial charge in [0.1, 0.15) is 5.82 Å². The van der Waals surface area contributed by atoms with E-state index in [0.717, 1.165) is 23.7 Å². The lowest BCUT2D eigenvalue weighted by atomic mass is 10.0. The van der Waals surface area contributed by atoms with Crippen molar-refractivity contribution in [2.24, 2.45) is 4.99 Å². The van der Waals surface area contributed by atoms with Crippen LogP contribution in [0.2, 0.25) is 0 Å². The molecule has 3 aromatic rings. The fourth-order valence-corrected chi connectivity index (χ4v) is 3.92. The highest BCUT2D eigenvalue weighted by molar-refractivity contribution is 5.87. The number of carboxylic acids is 1. The van der Waals surface area contributed by atoms with Gasteiger partial charge in [-0.25, -0.2) is 19.8 Å². The zero-order chi connectivity index (χ0) is 27.5. The van der Waals surface area contributed by atoms with Gasteiger partial charge in [0.05, 0.1) is 31.2 Å². The highest BCUT2D eigenvalue weighted by Crippen LogP contribution is 2.30. The summed E-state index contributed by atoms with van der Waals surface area (Å²) in [5.41, 5.74) is 3.09. The van der Waals surface area contributed by atoms with Gasteiger partial charge >= 0.3 is 5.97 Å². The number of nitrogens with zero attached hydrogens (tertiary/aromatic N) is 6. The summed E-state index contributed by atoms with van der Waals surface area (Å²) in [5, 5.41) is 19.6. The van der Waals surface area contributed by atoms with Crippen LogP contribution in [0.15, 0.2) is 72.0 Å². The van der Waals surface area contributed by atoms with Crippen molar-refractivity contribution in [3.8, 4) is 6.19 Å². The first kappa shape index (κ1) is 27.6. The Morgan fingerprint density at radius 3 is 2.39 bits per heavy atom. The molecule has 0 bridgehead atoms. The van der Waals surface area contributed by atoms with E-state index in [-0.39, 0.29) is 11.7 Å². The molecule has 0 spiro atoms. The largest absolute Gasteiger partial charge is 0.481 e. The number of nitrogens with one attached hydrogen (secondary N) is 1. The number of aliphatic imine (C=N–C) groups is 1. The van der Waals surface area contributed by atoms with Crippen LogP contribution in [0.3, 0.4) is 0 Å². The first-order valence-electron chi connectivity index (χ1n) is 11.8. The van der Waals surface area contributed by atoms with E-state index in [0.29, 0.717) is 31.4 Å². The van der Waals surface area contributed by atoms with Crippen LogP contribution in [0, 0.1) is 18.4 Å². The van der Waals surface area contributed by atoms with Crippen molar-refractivity contribution in [3.05, 3.63) is 83.8 Å². The molecule has 1 aliphatic rings. The third-order valence-electron chi connectivity index (χ3n) is 5.70. The molecule has 2 heterocycles. The summed E-state index contributed by atoms with van der Waals surface area (Å²) in [6.07, 6.45) is 5.04. The van der Waals surface area contributed by atoms with Gasteiger partial charge in [-0.05, 0) is 24.1 Å². The molecule has 2 N–H and O–H groups in total. The Labute approximate surface area is 221 Å². The summed E-state index contributed by atoms with van der Waals surface area (Å²) in [7, 11) is 1.31. The number of guanidine groups is 1. The highest BCUT2D eigenvalue weighted by atomic mass is 16.5. The van der Waals surface area contributed by atoms with Crippen molar-refractivity contribution in [2.45, 2.75) is 19.9 Å². The van der Waals surface area contributed by atoms with Crippen molar-refractivity contribution >= 4 is 29.4 Å². The molecule has 1 saturated heterocycles. The van der Waals surface area contributed by atoms with Gasteiger partial charge in [0.15, 0.2) is 11.9 Å². The van der Waals surface area contributed by atoms with E-state index in [2.05, 4.69) is 37.2 Å². The fraction of sp³-hybridized carbons (Fsp3) is 0.259. The third kappa shape index (κ3) is 7.27. The molecule has 1 atom stereocenters. The first-order valence-corrected chi connectivity index (χ1v) is 11.8. The van der Waals surface area contributed by atoms with Crippen LogP contribution in [0.25, 0.3) is 0 Å². The van der Waals surface area contributed by atoms with Crippen LogP contribution in [0.4, 0.5) is 11.5 Å². The number of methoxy groups -OCH3 is 1. The topological polar surface area (TPSA) is 144 Å². The van der Waals surface area contributed by atoms with Crippen molar-refractivity contribution in [3.63, 3.8) is 0 Å². The number of carbonyl (C=O) groups excluding carboxylic acids is 1. The summed E-state index contributed by atoms with van der Waals surface area (Å²) in [4.78, 5) is 38.4. The second-order valence-corrected chi connectivity index (χ2v) is 8.30. The Bertz CT molecular complexity index is 1300. The van der Waals surface area contributed by atoms with Crippen LogP contribution in [0.5, 0.6) is 0 Å². The summed E-state index contributed by atoms with van der Waals surface area (Å²) in [6.45, 7) is 4.88. The number of carboxylic acid groups (broad SMARTS) is 1. The summed E-state index contributed by atoms with van der Waals surface area (Å²) in [6, 6.07) is 17.8. The first-order chi connectivity index (χ1) is 18.3. The highest BCUT2D eigenvalue weighted by Gasteiger charge is 2.31. The minimum atomic E-state index is -0.833. The molecule has 196 valence electrons. The number of esters is 1. The van der Waals surface area contributed by atoms with Crippen LogP contribution in [-0.2, 0) is 9.53 Å². The van der Waals surface area contributed by atoms with E-state index in [1.807, 2.05) is 55.6 Å². The van der Waals surface area contributed by atoms with Gasteiger partial charge in [0.2, 0.25) is 5.96 Å². The van der Waals surface area contributed by atoms with Gasteiger partial charge < -0.3 is 19.6 Å². The second-order valence-electron chi connectivity index (χ2n) is 8.30. The SMILES string of the molecule is CC(=O)O.COC(=O)c1cnc(N2CCN(C(=Nc3ccccc3C)NC#N)CC2c2ccccc2)cn1. The molecule has 1 fully saturated rings. The zero-order valence-electron chi connectivity index (χ0n) is 21.4. The molecular weight excluding hydrogens is 486 g/mol. The van der Waals surface area contributed by atoms with Crippen LogP contribution in [0.1, 0.15) is 34.6 Å². The zero-order valence-corrected chi connectivity index (χ0v) is 21.4. The van der Waals surface area contributed by atoms with Gasteiger partial charge in [-0.3, -0.25) is 10.1 Å². The number of ether oxygens (including phenoxy) is 1. The number of anilines is 1. The van der Waals surface area contributed by atoms with E-state index in [4.69, 9.17) is 19.6 Å². The number of piperazine rings is 1. The molecule has 0 radical (unpaired) electrons. The predicted octanol–water partition coefficient (Wildman–Crippen LogP) is 3.28. The van der Waals surface area contributed by atoms with Gasteiger partial charge in [-0.2, -0.15) is 5.26 Å². The number of benzene rings is 2. The van der Waals surface area contributed by atoms with Crippen LogP contribution < -0.4 is 10.2 Å². The maximum absolute atomic E-state index is 11.7.